The van der Waals surface area contributed by atoms with Crippen molar-refractivity contribution in [2.75, 3.05) is 0 Å². The van der Waals surface area contributed by atoms with Crippen molar-refractivity contribution in [2.45, 2.75) is 31.7 Å². The molecule has 0 spiro atoms. The first-order chi connectivity index (χ1) is 5.79. The number of hydrogen-bond acceptors (Lipinski definition) is 1. The molecule has 0 aliphatic heterocycles. The van der Waals surface area contributed by atoms with Crippen molar-refractivity contribution >= 4 is 43.5 Å². The van der Waals surface area contributed by atoms with Crippen LogP contribution in [-0.4, -0.2) is 11.8 Å². The van der Waals surface area contributed by atoms with Crippen molar-refractivity contribution in [2.24, 2.45) is 0 Å². The zero-order valence-electron chi connectivity index (χ0n) is 7.22. The second kappa shape index (κ2) is 8.57. The molecule has 0 aromatic heterocycles. The van der Waals surface area contributed by atoms with Crippen LogP contribution in [0.3, 0.4) is 0 Å². The fraction of sp³-hybridized carbons (Fsp3) is 0.833. The zero-order chi connectivity index (χ0) is 10.5. The van der Waals surface area contributed by atoms with Crippen LogP contribution in [0, 0.1) is 0 Å². The van der Waals surface area contributed by atoms with E-state index in [0.29, 0.717) is 18.6 Å². The third kappa shape index (κ3) is 15.9. The van der Waals surface area contributed by atoms with Gasteiger partial charge in [0.25, 0.3) is 0 Å². The van der Waals surface area contributed by atoms with Crippen molar-refractivity contribution < 1.29 is 16.7 Å². The fourth-order valence-electron chi connectivity index (χ4n) is 0.940. The van der Waals surface area contributed by atoms with Gasteiger partial charge in [0.2, 0.25) is 0 Å². The molecule has 3 N–H and O–H groups in total. The molecule has 3 nitrogen and oxygen atoms in total. The molecule has 8 heteroatoms. The zero-order valence-corrected chi connectivity index (χ0v) is 12.5. The van der Waals surface area contributed by atoms with E-state index in [4.69, 9.17) is 43.4 Å². The molecular weight excluding hydrogens is 453 g/mol. The van der Waals surface area contributed by atoms with E-state index in [-0.39, 0.29) is 12.2 Å². The topological polar surface area (TPSA) is 74.4 Å². The van der Waals surface area contributed by atoms with Crippen LogP contribution >= 0.6 is 37.7 Å². The number of carbonyl (C=O) groups excluding carboxylic acids is 1. The Morgan fingerprint density at radius 3 is 1.64 bits per heavy atom. The number of halogens is 4. The second-order valence-electron chi connectivity index (χ2n) is 2.58. The molecule has 0 bridgehead atoms. The summed E-state index contributed by atoms with van der Waals surface area (Å²) in [6.07, 6.45) is 2.88. The van der Waals surface area contributed by atoms with Crippen LogP contribution in [0.2, 0.25) is 0 Å². The van der Waals surface area contributed by atoms with Gasteiger partial charge in [0.1, 0.15) is 5.78 Å². The molecule has 0 aromatic carbocycles. The number of Topliss-reactive ketones (excluding diaryl/α,β-unsaturated/α-hetero) is 1. The summed E-state index contributed by atoms with van der Waals surface area (Å²) in [6, 6.07) is 0.0488. The molecular formula is C6H12Cl4N2OPt. The number of ketones is 1. The molecule has 1 aliphatic carbocycles. The summed E-state index contributed by atoms with van der Waals surface area (Å²) in [5.74, 6) is 0.341. The standard InChI is InChI=1S/C6H10NO.4ClH.H2N.Pt/c7-5-1-3-6(8)4-2-5;;;;;;/h5,7H,1-4H2;4*1H;1H2;/q-1;;;;;-1;+6/p-4. The minimum absolute atomic E-state index is 0. The number of nitrogens with two attached hydrogens (primary N) is 1. The van der Waals surface area contributed by atoms with Crippen LogP contribution in [-0.2, 0) is 16.7 Å². The summed E-state index contributed by atoms with van der Waals surface area (Å²) in [7, 11) is 20.0. The summed E-state index contributed by atoms with van der Waals surface area (Å²) in [4.78, 5) is 10.5. The van der Waals surface area contributed by atoms with Crippen LogP contribution < -0.4 is 0 Å². The predicted octanol–water partition coefficient (Wildman–Crippen LogP) is 5.02. The first kappa shape index (κ1) is 17.8. The molecule has 0 atom stereocenters. The Hall–Kier alpha value is 1.44. The summed E-state index contributed by atoms with van der Waals surface area (Å²) < 4.78 is 0. The fourth-order valence-corrected chi connectivity index (χ4v) is 0.940. The molecule has 1 aliphatic rings. The van der Waals surface area contributed by atoms with Crippen LogP contribution in [0.1, 0.15) is 25.7 Å². The van der Waals surface area contributed by atoms with Crippen LogP contribution in [0.4, 0.5) is 0 Å². The Labute approximate surface area is 103 Å². The largest absolute Gasteiger partial charge is 0.693 e. The maximum atomic E-state index is 10.5. The molecule has 14 heavy (non-hydrogen) atoms. The number of hydrogen-bond donors (Lipinski definition) is 0. The minimum Gasteiger partial charge on any atom is -0.693 e. The van der Waals surface area contributed by atoms with E-state index < -0.39 is 11.9 Å². The van der Waals surface area contributed by atoms with Crippen molar-refractivity contribution in [3.05, 3.63) is 11.9 Å². The summed E-state index contributed by atoms with van der Waals surface area (Å²) in [5, 5.41) is 0. The van der Waals surface area contributed by atoms with Crippen molar-refractivity contribution in [3.63, 3.8) is 0 Å². The molecule has 0 aromatic rings. The average Bonchev–Trinajstić information content (AvgIpc) is 1.92. The molecule has 0 saturated heterocycles. The van der Waals surface area contributed by atoms with Gasteiger partial charge in [-0.05, 0) is 0 Å². The smallest absolute Gasteiger partial charge is 0.132 e. The Morgan fingerprint density at radius 1 is 1.14 bits per heavy atom. The molecule has 1 rings (SSSR count). The van der Waals surface area contributed by atoms with Gasteiger partial charge in [-0.25, -0.2) is 0 Å². The second-order valence-corrected chi connectivity index (χ2v) is 22.3. The average molecular weight is 465 g/mol. The monoisotopic (exact) mass is 463 g/mol. The summed E-state index contributed by atoms with van der Waals surface area (Å²) in [6.45, 7) is 0. The normalized spacial score (nSPS) is 19.1. The third-order valence-corrected chi connectivity index (χ3v) is 1.54. The quantitative estimate of drug-likeness (QED) is 0.495. The molecule has 1 saturated carbocycles. The van der Waals surface area contributed by atoms with Gasteiger partial charge < -0.3 is 11.9 Å². The number of rotatable bonds is 0. The molecule has 0 radical (unpaired) electrons. The van der Waals surface area contributed by atoms with Crippen LogP contribution in [0.5, 0.6) is 0 Å². The van der Waals surface area contributed by atoms with Gasteiger partial charge in [-0.2, -0.15) is 0 Å². The molecule has 90 valence electrons. The molecule has 0 amide bonds. The predicted molar refractivity (Wildman–Crippen MR) is 60.3 cm³/mol. The summed E-state index contributed by atoms with van der Waals surface area (Å²) >= 11 is -3.06. The van der Waals surface area contributed by atoms with Gasteiger partial charge in [-0.15, -0.1) is 6.04 Å². The maximum absolute atomic E-state index is 10.5. The first-order valence-corrected chi connectivity index (χ1v) is 14.8. The van der Waals surface area contributed by atoms with E-state index in [0.717, 1.165) is 12.8 Å². The van der Waals surface area contributed by atoms with Gasteiger partial charge in [0, 0.05) is 12.8 Å². The van der Waals surface area contributed by atoms with Gasteiger partial charge in [0.05, 0.1) is 0 Å². The number of nitrogens with one attached hydrogen (secondary N) is 1. The van der Waals surface area contributed by atoms with E-state index in [2.05, 4.69) is 0 Å². The Bertz CT molecular complexity index is 160. The van der Waals surface area contributed by atoms with E-state index in [9.17, 15) is 4.79 Å². The van der Waals surface area contributed by atoms with E-state index in [1.54, 1.807) is 0 Å². The third-order valence-electron chi connectivity index (χ3n) is 1.54. The number of carbonyl (C=O) groups is 1. The van der Waals surface area contributed by atoms with Gasteiger partial charge in [-0.3, -0.25) is 4.79 Å². The Kier molecular flexibility index (Phi) is 10.9. The van der Waals surface area contributed by atoms with Gasteiger partial charge >= 0.3 is 49.6 Å². The molecule has 0 heterocycles. The van der Waals surface area contributed by atoms with E-state index in [1.807, 2.05) is 0 Å². The Morgan fingerprint density at radius 2 is 1.43 bits per heavy atom. The summed E-state index contributed by atoms with van der Waals surface area (Å²) in [5.41, 5.74) is 7.21. The van der Waals surface area contributed by atoms with E-state index in [1.165, 1.54) is 0 Å². The van der Waals surface area contributed by atoms with Crippen molar-refractivity contribution in [3.8, 4) is 0 Å². The van der Waals surface area contributed by atoms with E-state index >= 15 is 0 Å². The van der Waals surface area contributed by atoms with Crippen molar-refractivity contribution in [1.82, 2.24) is 0 Å². The Balaban J connectivity index is 0. The minimum atomic E-state index is -3.06. The molecule has 1 fully saturated rings. The van der Waals surface area contributed by atoms with Crippen LogP contribution in [0.15, 0.2) is 0 Å². The molecule has 0 unspecified atom stereocenters. The van der Waals surface area contributed by atoms with Gasteiger partial charge in [-0.1, -0.05) is 12.8 Å². The maximum Gasteiger partial charge on any atom is 0.132 e. The SMILES string of the molecule is [Cl][Pt+2]([Cl])([Cl])[Cl].[NH-]C1CCC(=O)CC1.[NH2-]. The first-order valence-electron chi connectivity index (χ1n) is 3.49. The van der Waals surface area contributed by atoms with Crippen molar-refractivity contribution in [1.29, 1.82) is 0 Å². The van der Waals surface area contributed by atoms with Crippen LogP contribution in [0.25, 0.3) is 11.9 Å². The van der Waals surface area contributed by atoms with Gasteiger partial charge in [0.15, 0.2) is 0 Å².